The zero-order valence-corrected chi connectivity index (χ0v) is 11.9. The van der Waals surface area contributed by atoms with E-state index in [0.29, 0.717) is 10.4 Å². The molecule has 1 aromatic rings. The molecule has 3 N–H and O–H groups in total. The molecule has 0 saturated carbocycles. The van der Waals surface area contributed by atoms with E-state index in [0.717, 1.165) is 12.0 Å². The fourth-order valence-electron chi connectivity index (χ4n) is 2.04. The van der Waals surface area contributed by atoms with Crippen LogP contribution in [0.4, 0.5) is 4.39 Å². The Balaban J connectivity index is 2.75. The fraction of sp³-hybridized carbons (Fsp3) is 0.538. The summed E-state index contributed by atoms with van der Waals surface area (Å²) in [5, 5.41) is 0. The predicted octanol–water partition coefficient (Wildman–Crippen LogP) is 3.92. The Morgan fingerprint density at radius 3 is 2.71 bits per heavy atom. The van der Waals surface area contributed by atoms with E-state index in [9.17, 15) is 4.39 Å². The summed E-state index contributed by atoms with van der Waals surface area (Å²) in [6, 6.07) is 5.12. The molecular formula is C13H20BrFN2. The van der Waals surface area contributed by atoms with Crippen molar-refractivity contribution in [1.29, 1.82) is 0 Å². The van der Waals surface area contributed by atoms with Crippen LogP contribution in [0.3, 0.4) is 0 Å². The van der Waals surface area contributed by atoms with Crippen LogP contribution in [0.5, 0.6) is 0 Å². The predicted molar refractivity (Wildman–Crippen MR) is 72.9 cm³/mol. The largest absolute Gasteiger partial charge is 0.271 e. The average molecular weight is 303 g/mol. The Morgan fingerprint density at radius 1 is 1.47 bits per heavy atom. The SMILES string of the molecule is CCCC(C)CC(NN)c1ccc(F)c(Br)c1. The summed E-state index contributed by atoms with van der Waals surface area (Å²) < 4.78 is 13.6. The molecule has 0 saturated heterocycles. The van der Waals surface area contributed by atoms with Crippen LogP contribution in [0.15, 0.2) is 22.7 Å². The molecule has 0 fully saturated rings. The van der Waals surface area contributed by atoms with Gasteiger partial charge >= 0.3 is 0 Å². The van der Waals surface area contributed by atoms with E-state index in [1.807, 2.05) is 0 Å². The number of hydrogen-bond donors (Lipinski definition) is 2. The Hall–Kier alpha value is -0.450. The number of nitrogens with one attached hydrogen (secondary N) is 1. The summed E-state index contributed by atoms with van der Waals surface area (Å²) in [4.78, 5) is 0. The van der Waals surface area contributed by atoms with Crippen molar-refractivity contribution >= 4 is 15.9 Å². The van der Waals surface area contributed by atoms with Gasteiger partial charge in [0.05, 0.1) is 4.47 Å². The number of hydrazine groups is 1. The highest BCUT2D eigenvalue weighted by Gasteiger charge is 2.14. The second-order valence-corrected chi connectivity index (χ2v) is 5.38. The molecule has 0 aliphatic rings. The van der Waals surface area contributed by atoms with Crippen LogP contribution in [0.25, 0.3) is 0 Å². The van der Waals surface area contributed by atoms with Gasteiger partial charge in [-0.2, -0.15) is 0 Å². The second kappa shape index (κ2) is 7.09. The zero-order valence-electron chi connectivity index (χ0n) is 10.3. The highest BCUT2D eigenvalue weighted by Crippen LogP contribution is 2.26. The lowest BCUT2D eigenvalue weighted by Gasteiger charge is -2.20. The van der Waals surface area contributed by atoms with E-state index >= 15 is 0 Å². The molecule has 4 heteroatoms. The van der Waals surface area contributed by atoms with E-state index in [2.05, 4.69) is 35.2 Å². The van der Waals surface area contributed by atoms with E-state index < -0.39 is 0 Å². The summed E-state index contributed by atoms with van der Waals surface area (Å²) in [6.07, 6.45) is 3.31. The minimum Gasteiger partial charge on any atom is -0.271 e. The first kappa shape index (κ1) is 14.6. The van der Waals surface area contributed by atoms with Gasteiger partial charge in [0, 0.05) is 6.04 Å². The van der Waals surface area contributed by atoms with Crippen molar-refractivity contribution in [3.63, 3.8) is 0 Å². The van der Waals surface area contributed by atoms with Gasteiger partial charge in [0.15, 0.2) is 0 Å². The van der Waals surface area contributed by atoms with Gasteiger partial charge in [-0.3, -0.25) is 11.3 Å². The Bertz CT molecular complexity index is 357. The van der Waals surface area contributed by atoms with Gasteiger partial charge in [0.25, 0.3) is 0 Å². The molecular weight excluding hydrogens is 283 g/mol. The van der Waals surface area contributed by atoms with Crippen molar-refractivity contribution in [2.75, 3.05) is 0 Å². The summed E-state index contributed by atoms with van der Waals surface area (Å²) >= 11 is 3.20. The van der Waals surface area contributed by atoms with Crippen LogP contribution in [0.1, 0.15) is 44.7 Å². The number of benzene rings is 1. The quantitative estimate of drug-likeness (QED) is 0.617. The standard InChI is InChI=1S/C13H20BrFN2/c1-3-4-9(2)7-13(17-16)10-5-6-12(15)11(14)8-10/h5-6,8-9,13,17H,3-4,7,16H2,1-2H3. The number of hydrogen-bond acceptors (Lipinski definition) is 2. The van der Waals surface area contributed by atoms with Crippen LogP contribution in [-0.2, 0) is 0 Å². The minimum absolute atomic E-state index is 0.0773. The normalized spacial score (nSPS) is 14.6. The Morgan fingerprint density at radius 2 is 2.18 bits per heavy atom. The topological polar surface area (TPSA) is 38.0 Å². The van der Waals surface area contributed by atoms with Gasteiger partial charge in [-0.05, 0) is 46.0 Å². The summed E-state index contributed by atoms with van der Waals surface area (Å²) in [5.41, 5.74) is 3.83. The summed E-state index contributed by atoms with van der Waals surface area (Å²) in [7, 11) is 0. The Labute approximate surface area is 111 Å². The third kappa shape index (κ3) is 4.37. The minimum atomic E-state index is -0.244. The molecule has 0 aromatic heterocycles. The van der Waals surface area contributed by atoms with Crippen molar-refractivity contribution in [3.05, 3.63) is 34.1 Å². The van der Waals surface area contributed by atoms with Crippen LogP contribution in [0.2, 0.25) is 0 Å². The second-order valence-electron chi connectivity index (χ2n) is 4.52. The first-order valence-electron chi connectivity index (χ1n) is 5.99. The smallest absolute Gasteiger partial charge is 0.137 e. The zero-order chi connectivity index (χ0) is 12.8. The molecule has 1 aromatic carbocycles. The maximum Gasteiger partial charge on any atom is 0.137 e. The van der Waals surface area contributed by atoms with Crippen LogP contribution in [0, 0.1) is 11.7 Å². The van der Waals surface area contributed by atoms with Gasteiger partial charge in [0.2, 0.25) is 0 Å². The van der Waals surface area contributed by atoms with Gasteiger partial charge in [0.1, 0.15) is 5.82 Å². The van der Waals surface area contributed by atoms with Crippen molar-refractivity contribution in [2.24, 2.45) is 11.8 Å². The maximum absolute atomic E-state index is 13.2. The lowest BCUT2D eigenvalue weighted by Crippen LogP contribution is -2.29. The summed E-state index contributed by atoms with van der Waals surface area (Å²) in [6.45, 7) is 4.39. The number of nitrogens with two attached hydrogens (primary N) is 1. The van der Waals surface area contributed by atoms with Crippen molar-refractivity contribution in [3.8, 4) is 0 Å². The molecule has 2 atom stereocenters. The molecule has 0 bridgehead atoms. The molecule has 96 valence electrons. The van der Waals surface area contributed by atoms with Crippen molar-refractivity contribution in [2.45, 2.75) is 39.2 Å². The molecule has 0 spiro atoms. The Kier molecular flexibility index (Phi) is 6.09. The van der Waals surface area contributed by atoms with Crippen LogP contribution < -0.4 is 11.3 Å². The maximum atomic E-state index is 13.2. The van der Waals surface area contributed by atoms with E-state index in [-0.39, 0.29) is 11.9 Å². The van der Waals surface area contributed by atoms with E-state index in [1.165, 1.54) is 18.9 Å². The van der Waals surface area contributed by atoms with Crippen molar-refractivity contribution < 1.29 is 4.39 Å². The van der Waals surface area contributed by atoms with Gasteiger partial charge in [-0.25, -0.2) is 4.39 Å². The number of halogens is 2. The van der Waals surface area contributed by atoms with Crippen molar-refractivity contribution in [1.82, 2.24) is 5.43 Å². The molecule has 0 aliphatic carbocycles. The molecule has 2 unspecified atom stereocenters. The molecule has 0 aliphatic heterocycles. The molecule has 2 nitrogen and oxygen atoms in total. The lowest BCUT2D eigenvalue weighted by atomic mass is 9.93. The molecule has 0 amide bonds. The molecule has 0 heterocycles. The molecule has 0 radical (unpaired) electrons. The van der Waals surface area contributed by atoms with Gasteiger partial charge < -0.3 is 0 Å². The third-order valence-electron chi connectivity index (χ3n) is 2.97. The highest BCUT2D eigenvalue weighted by atomic mass is 79.9. The first-order valence-corrected chi connectivity index (χ1v) is 6.78. The highest BCUT2D eigenvalue weighted by molar-refractivity contribution is 9.10. The summed E-state index contributed by atoms with van der Waals surface area (Å²) in [5.74, 6) is 5.94. The van der Waals surface area contributed by atoms with E-state index in [4.69, 9.17) is 5.84 Å². The van der Waals surface area contributed by atoms with Crippen LogP contribution in [-0.4, -0.2) is 0 Å². The van der Waals surface area contributed by atoms with Gasteiger partial charge in [-0.15, -0.1) is 0 Å². The fourth-order valence-corrected chi connectivity index (χ4v) is 2.44. The van der Waals surface area contributed by atoms with E-state index in [1.54, 1.807) is 12.1 Å². The molecule has 17 heavy (non-hydrogen) atoms. The average Bonchev–Trinajstić information content (AvgIpc) is 2.30. The lowest BCUT2D eigenvalue weighted by molar-refractivity contribution is 0.394. The van der Waals surface area contributed by atoms with Crippen LogP contribution >= 0.6 is 15.9 Å². The first-order chi connectivity index (χ1) is 8.08. The third-order valence-corrected chi connectivity index (χ3v) is 3.57. The monoisotopic (exact) mass is 302 g/mol. The number of rotatable bonds is 6. The van der Waals surface area contributed by atoms with Gasteiger partial charge in [-0.1, -0.05) is 32.8 Å². The molecule has 1 rings (SSSR count).